The molecule has 0 saturated carbocycles. The quantitative estimate of drug-likeness (QED) is 0.925. The Morgan fingerprint density at radius 2 is 2.21 bits per heavy atom. The van der Waals surface area contributed by atoms with Crippen molar-refractivity contribution < 1.29 is 4.79 Å². The highest BCUT2D eigenvalue weighted by molar-refractivity contribution is 9.10. The molecule has 0 spiro atoms. The van der Waals surface area contributed by atoms with Crippen LogP contribution in [0.5, 0.6) is 0 Å². The van der Waals surface area contributed by atoms with E-state index >= 15 is 0 Å². The second-order valence-electron chi connectivity index (χ2n) is 4.07. The molecule has 0 fully saturated rings. The van der Waals surface area contributed by atoms with Crippen LogP contribution in [0.4, 0.5) is 0 Å². The average molecular weight is 340 g/mol. The van der Waals surface area contributed by atoms with Crippen molar-refractivity contribution in [2.24, 2.45) is 0 Å². The molecule has 1 heterocycles. The molecule has 0 bridgehead atoms. The maximum atomic E-state index is 12.1. The van der Waals surface area contributed by atoms with Crippen molar-refractivity contribution in [1.29, 1.82) is 0 Å². The maximum absolute atomic E-state index is 12.1. The van der Waals surface area contributed by atoms with Gasteiger partial charge in [-0.25, -0.2) is 0 Å². The van der Waals surface area contributed by atoms with Crippen molar-refractivity contribution >= 4 is 33.4 Å². The molecule has 3 nitrogen and oxygen atoms in total. The summed E-state index contributed by atoms with van der Waals surface area (Å²) in [5, 5.41) is 3.36. The monoisotopic (exact) mass is 338 g/mol. The van der Waals surface area contributed by atoms with Crippen molar-refractivity contribution in [1.82, 2.24) is 10.3 Å². The fourth-order valence-electron chi connectivity index (χ4n) is 1.63. The molecular formula is C14H12BrClN2O. The van der Waals surface area contributed by atoms with Gasteiger partial charge in [-0.1, -0.05) is 17.7 Å². The van der Waals surface area contributed by atoms with E-state index in [1.54, 1.807) is 24.4 Å². The molecule has 0 radical (unpaired) electrons. The largest absolute Gasteiger partial charge is 0.346 e. The first-order valence-electron chi connectivity index (χ1n) is 5.71. The fraction of sp³-hybridized carbons (Fsp3) is 0.143. The van der Waals surface area contributed by atoms with Gasteiger partial charge in [-0.15, -0.1) is 0 Å². The third kappa shape index (κ3) is 3.55. The first-order valence-corrected chi connectivity index (χ1v) is 6.89. The summed E-state index contributed by atoms with van der Waals surface area (Å²) in [6.45, 7) is 2.36. The minimum Gasteiger partial charge on any atom is -0.346 e. The maximum Gasteiger partial charge on any atom is 0.252 e. The number of nitrogens with one attached hydrogen (secondary N) is 1. The summed E-state index contributed by atoms with van der Waals surface area (Å²) in [5.41, 5.74) is 2.42. The van der Waals surface area contributed by atoms with Crippen LogP contribution < -0.4 is 5.32 Å². The van der Waals surface area contributed by atoms with Crippen molar-refractivity contribution in [2.75, 3.05) is 0 Å². The predicted octanol–water partition coefficient (Wildman–Crippen LogP) is 3.74. The molecule has 19 heavy (non-hydrogen) atoms. The Morgan fingerprint density at radius 1 is 1.42 bits per heavy atom. The molecule has 2 rings (SSSR count). The van der Waals surface area contributed by atoms with E-state index < -0.39 is 0 Å². The molecule has 98 valence electrons. The van der Waals surface area contributed by atoms with E-state index in [4.69, 9.17) is 11.6 Å². The molecule has 0 aliphatic carbocycles. The molecule has 0 aliphatic heterocycles. The van der Waals surface area contributed by atoms with Crippen LogP contribution >= 0.6 is 27.5 Å². The number of halogens is 2. The summed E-state index contributed by atoms with van der Waals surface area (Å²) in [5.74, 6) is -0.181. The van der Waals surface area contributed by atoms with Gasteiger partial charge in [0.05, 0.1) is 17.8 Å². The van der Waals surface area contributed by atoms with Gasteiger partial charge in [0.15, 0.2) is 0 Å². The van der Waals surface area contributed by atoms with Crippen molar-refractivity contribution in [3.05, 3.63) is 62.8 Å². The van der Waals surface area contributed by atoms with Crippen molar-refractivity contribution in [2.45, 2.75) is 13.5 Å². The lowest BCUT2D eigenvalue weighted by atomic mass is 10.2. The van der Waals surface area contributed by atoms with Gasteiger partial charge < -0.3 is 5.32 Å². The Labute approximate surface area is 125 Å². The highest BCUT2D eigenvalue weighted by Gasteiger charge is 2.11. The van der Waals surface area contributed by atoms with Gasteiger partial charge in [0.1, 0.15) is 0 Å². The second-order valence-corrected chi connectivity index (χ2v) is 5.36. The number of aryl methyl sites for hydroxylation is 1. The number of hydrogen-bond donors (Lipinski definition) is 1. The number of carbonyl (C=O) groups excluding carboxylic acids is 1. The van der Waals surface area contributed by atoms with E-state index in [0.29, 0.717) is 21.6 Å². The van der Waals surface area contributed by atoms with E-state index in [1.807, 2.05) is 19.1 Å². The lowest BCUT2D eigenvalue weighted by Crippen LogP contribution is -2.24. The minimum absolute atomic E-state index is 0.181. The van der Waals surface area contributed by atoms with Crippen LogP contribution in [0.25, 0.3) is 0 Å². The smallest absolute Gasteiger partial charge is 0.252 e. The highest BCUT2D eigenvalue weighted by Crippen LogP contribution is 2.21. The van der Waals surface area contributed by atoms with Gasteiger partial charge in [0, 0.05) is 15.7 Å². The standard InChI is InChI=1S/C14H12BrClN2O/c1-9-3-2-6-17-13(9)8-18-14(19)11-7-10(16)4-5-12(11)15/h2-7H,8H2,1H3,(H,18,19). The Bertz CT molecular complexity index is 616. The number of benzene rings is 1. The second kappa shape index (κ2) is 6.17. The normalized spacial score (nSPS) is 10.3. The van der Waals surface area contributed by atoms with Gasteiger partial charge in [0.25, 0.3) is 5.91 Å². The van der Waals surface area contributed by atoms with Crippen LogP contribution in [0, 0.1) is 6.92 Å². The van der Waals surface area contributed by atoms with E-state index in [2.05, 4.69) is 26.2 Å². The number of rotatable bonds is 3. The Kier molecular flexibility index (Phi) is 4.56. The van der Waals surface area contributed by atoms with Gasteiger partial charge in [-0.2, -0.15) is 0 Å². The molecule has 1 N–H and O–H groups in total. The van der Waals surface area contributed by atoms with Crippen LogP contribution in [0.15, 0.2) is 41.0 Å². The zero-order chi connectivity index (χ0) is 13.8. The van der Waals surface area contributed by atoms with Crippen LogP contribution in [-0.4, -0.2) is 10.9 Å². The van der Waals surface area contributed by atoms with E-state index in [1.165, 1.54) is 0 Å². The summed E-state index contributed by atoms with van der Waals surface area (Å²) < 4.78 is 0.715. The molecule has 1 amide bonds. The van der Waals surface area contributed by atoms with Crippen molar-refractivity contribution in [3.8, 4) is 0 Å². The molecule has 0 atom stereocenters. The predicted molar refractivity (Wildman–Crippen MR) is 79.3 cm³/mol. The molecule has 0 aliphatic rings. The molecule has 0 saturated heterocycles. The van der Waals surface area contributed by atoms with E-state index in [0.717, 1.165) is 11.3 Å². The lowest BCUT2D eigenvalue weighted by Gasteiger charge is -2.08. The zero-order valence-electron chi connectivity index (χ0n) is 10.3. The van der Waals surface area contributed by atoms with Gasteiger partial charge in [-0.3, -0.25) is 9.78 Å². The summed E-state index contributed by atoms with van der Waals surface area (Å²) in [6, 6.07) is 8.94. The van der Waals surface area contributed by atoms with E-state index in [9.17, 15) is 4.79 Å². The Hall–Kier alpha value is -1.39. The molecule has 2 aromatic rings. The highest BCUT2D eigenvalue weighted by atomic mass is 79.9. The molecule has 1 aromatic carbocycles. The van der Waals surface area contributed by atoms with Gasteiger partial charge in [-0.05, 0) is 52.7 Å². The molecule has 5 heteroatoms. The molecular weight excluding hydrogens is 328 g/mol. The molecule has 0 unspecified atom stereocenters. The SMILES string of the molecule is Cc1cccnc1CNC(=O)c1cc(Cl)ccc1Br. The number of amides is 1. The number of hydrogen-bond acceptors (Lipinski definition) is 2. The lowest BCUT2D eigenvalue weighted by molar-refractivity contribution is 0.0949. The number of pyridine rings is 1. The van der Waals surface area contributed by atoms with Gasteiger partial charge >= 0.3 is 0 Å². The van der Waals surface area contributed by atoms with E-state index in [-0.39, 0.29) is 5.91 Å². The summed E-state index contributed by atoms with van der Waals surface area (Å²) in [7, 11) is 0. The summed E-state index contributed by atoms with van der Waals surface area (Å²) >= 11 is 9.23. The van der Waals surface area contributed by atoms with Crippen molar-refractivity contribution in [3.63, 3.8) is 0 Å². The Morgan fingerprint density at radius 3 is 2.95 bits per heavy atom. The summed E-state index contributed by atoms with van der Waals surface area (Å²) in [4.78, 5) is 16.3. The molecule has 1 aromatic heterocycles. The first-order chi connectivity index (χ1) is 9.08. The Balaban J connectivity index is 2.10. The fourth-order valence-corrected chi connectivity index (χ4v) is 2.23. The number of aromatic nitrogens is 1. The zero-order valence-corrected chi connectivity index (χ0v) is 12.6. The third-order valence-corrected chi connectivity index (χ3v) is 3.63. The number of carbonyl (C=O) groups is 1. The van der Waals surface area contributed by atoms with Crippen LogP contribution in [0.1, 0.15) is 21.6 Å². The minimum atomic E-state index is -0.181. The number of nitrogens with zero attached hydrogens (tertiary/aromatic N) is 1. The summed E-state index contributed by atoms with van der Waals surface area (Å²) in [6.07, 6.45) is 1.71. The first kappa shape index (κ1) is 14.0. The van der Waals surface area contributed by atoms with Gasteiger partial charge in [0.2, 0.25) is 0 Å². The third-order valence-electron chi connectivity index (χ3n) is 2.71. The topological polar surface area (TPSA) is 42.0 Å². The van der Waals surface area contributed by atoms with Crippen LogP contribution in [0.3, 0.4) is 0 Å². The van der Waals surface area contributed by atoms with Crippen LogP contribution in [-0.2, 0) is 6.54 Å². The van der Waals surface area contributed by atoms with Crippen LogP contribution in [0.2, 0.25) is 5.02 Å². The average Bonchev–Trinajstić information content (AvgIpc) is 2.40.